The summed E-state index contributed by atoms with van der Waals surface area (Å²) in [5.41, 5.74) is 2.15. The van der Waals surface area contributed by atoms with E-state index in [1.54, 1.807) is 11.0 Å². The number of nitrogens with zero attached hydrogens (tertiary/aromatic N) is 4. The van der Waals surface area contributed by atoms with Crippen molar-refractivity contribution in [3.05, 3.63) is 42.5 Å². The van der Waals surface area contributed by atoms with Crippen molar-refractivity contribution in [2.75, 3.05) is 13.1 Å². The van der Waals surface area contributed by atoms with Crippen molar-refractivity contribution < 1.29 is 0 Å². The van der Waals surface area contributed by atoms with Crippen molar-refractivity contribution in [2.24, 2.45) is 10.9 Å². The van der Waals surface area contributed by atoms with E-state index in [0.717, 1.165) is 30.3 Å². The van der Waals surface area contributed by atoms with Gasteiger partial charge in [0.25, 0.3) is 0 Å². The van der Waals surface area contributed by atoms with Gasteiger partial charge in [-0.25, -0.2) is 14.7 Å². The van der Waals surface area contributed by atoms with E-state index in [9.17, 15) is 0 Å². The molecule has 1 aromatic carbocycles. The average Bonchev–Trinajstić information content (AvgIpc) is 3.05. The second kappa shape index (κ2) is 8.17. The molecule has 0 amide bonds. The average molecular weight is 300 g/mol. The highest BCUT2D eigenvalue weighted by Gasteiger charge is 2.00. The van der Waals surface area contributed by atoms with Gasteiger partial charge in [-0.1, -0.05) is 26.0 Å². The number of hydrogen-bond acceptors (Lipinski definition) is 3. The van der Waals surface area contributed by atoms with Crippen LogP contribution in [0.4, 0.5) is 0 Å². The van der Waals surface area contributed by atoms with Crippen molar-refractivity contribution in [3.63, 3.8) is 0 Å². The molecule has 1 heterocycles. The minimum absolute atomic E-state index is 0.589. The van der Waals surface area contributed by atoms with Crippen LogP contribution >= 0.6 is 0 Å². The van der Waals surface area contributed by atoms with Gasteiger partial charge in [-0.2, -0.15) is 5.10 Å². The summed E-state index contributed by atoms with van der Waals surface area (Å²) in [6, 6.07) is 8.17. The molecule has 22 heavy (non-hydrogen) atoms. The highest BCUT2D eigenvalue weighted by atomic mass is 15.3. The lowest BCUT2D eigenvalue weighted by Crippen LogP contribution is -2.39. The van der Waals surface area contributed by atoms with Gasteiger partial charge in [0.15, 0.2) is 5.96 Å². The van der Waals surface area contributed by atoms with Gasteiger partial charge in [-0.05, 0) is 30.5 Å². The van der Waals surface area contributed by atoms with Crippen molar-refractivity contribution in [1.82, 2.24) is 25.4 Å². The second-order valence-corrected chi connectivity index (χ2v) is 5.48. The van der Waals surface area contributed by atoms with E-state index < -0.39 is 0 Å². The first-order valence-electron chi connectivity index (χ1n) is 7.65. The van der Waals surface area contributed by atoms with Gasteiger partial charge in [0.05, 0.1) is 12.2 Å². The molecule has 0 fully saturated rings. The number of nitrogens with one attached hydrogen (secondary N) is 2. The summed E-state index contributed by atoms with van der Waals surface area (Å²) in [6.07, 6.45) is 3.22. The fourth-order valence-corrected chi connectivity index (χ4v) is 1.91. The van der Waals surface area contributed by atoms with Crippen LogP contribution in [0.1, 0.15) is 26.3 Å². The van der Waals surface area contributed by atoms with Crippen molar-refractivity contribution in [3.8, 4) is 5.69 Å². The van der Waals surface area contributed by atoms with E-state index in [1.807, 2.05) is 12.1 Å². The highest BCUT2D eigenvalue weighted by molar-refractivity contribution is 5.79. The van der Waals surface area contributed by atoms with Gasteiger partial charge in [0, 0.05) is 13.1 Å². The van der Waals surface area contributed by atoms with E-state index in [0.29, 0.717) is 12.5 Å². The Morgan fingerprint density at radius 3 is 2.59 bits per heavy atom. The summed E-state index contributed by atoms with van der Waals surface area (Å²) in [6.45, 7) is 8.84. The predicted molar refractivity (Wildman–Crippen MR) is 89.0 cm³/mol. The van der Waals surface area contributed by atoms with Crippen LogP contribution in [0.5, 0.6) is 0 Å². The van der Waals surface area contributed by atoms with Gasteiger partial charge in [0.2, 0.25) is 0 Å². The van der Waals surface area contributed by atoms with Crippen LogP contribution in [-0.2, 0) is 6.54 Å². The molecule has 0 bridgehead atoms. The van der Waals surface area contributed by atoms with Crippen molar-refractivity contribution >= 4 is 5.96 Å². The number of aromatic nitrogens is 3. The molecule has 0 radical (unpaired) electrons. The Morgan fingerprint density at radius 2 is 2.00 bits per heavy atom. The fraction of sp³-hybridized carbons (Fsp3) is 0.438. The topological polar surface area (TPSA) is 67.1 Å². The molecule has 6 nitrogen and oxygen atoms in total. The second-order valence-electron chi connectivity index (χ2n) is 5.48. The van der Waals surface area contributed by atoms with E-state index in [2.05, 4.69) is 58.6 Å². The summed E-state index contributed by atoms with van der Waals surface area (Å²) in [4.78, 5) is 8.56. The molecule has 0 aliphatic rings. The van der Waals surface area contributed by atoms with Crippen LogP contribution in [0.15, 0.2) is 41.9 Å². The normalized spacial score (nSPS) is 11.7. The standard InChI is InChI=1S/C16H24N6/c1-4-18-16(19-9-13(2)3)20-10-14-5-7-15(8-6-14)22-12-17-11-21-22/h5-8,11-13H,4,9-10H2,1-3H3,(H2,18,19,20). The Bertz CT molecular complexity index is 571. The summed E-state index contributed by atoms with van der Waals surface area (Å²) < 4.78 is 1.74. The quantitative estimate of drug-likeness (QED) is 0.632. The van der Waals surface area contributed by atoms with Gasteiger partial charge >= 0.3 is 0 Å². The van der Waals surface area contributed by atoms with Gasteiger partial charge in [0.1, 0.15) is 12.7 Å². The number of benzene rings is 1. The lowest BCUT2D eigenvalue weighted by atomic mass is 10.2. The fourth-order valence-electron chi connectivity index (χ4n) is 1.91. The van der Waals surface area contributed by atoms with Crippen molar-refractivity contribution in [2.45, 2.75) is 27.3 Å². The van der Waals surface area contributed by atoms with Gasteiger partial charge in [-0.3, -0.25) is 0 Å². The maximum atomic E-state index is 4.61. The molecular weight excluding hydrogens is 276 g/mol. The molecule has 2 N–H and O–H groups in total. The number of aliphatic imine (C=N–C) groups is 1. The lowest BCUT2D eigenvalue weighted by Gasteiger charge is -2.13. The van der Waals surface area contributed by atoms with Crippen molar-refractivity contribution in [1.29, 1.82) is 0 Å². The maximum Gasteiger partial charge on any atom is 0.191 e. The zero-order valence-corrected chi connectivity index (χ0v) is 13.5. The third-order valence-electron chi connectivity index (χ3n) is 3.06. The molecule has 0 unspecified atom stereocenters. The first-order valence-corrected chi connectivity index (χ1v) is 7.65. The van der Waals surface area contributed by atoms with Gasteiger partial charge in [-0.15, -0.1) is 0 Å². The first-order chi connectivity index (χ1) is 10.7. The molecule has 6 heteroatoms. The van der Waals surface area contributed by atoms with Crippen LogP contribution in [0.3, 0.4) is 0 Å². The molecule has 118 valence electrons. The molecule has 0 aliphatic carbocycles. The minimum Gasteiger partial charge on any atom is -0.357 e. The summed E-state index contributed by atoms with van der Waals surface area (Å²) >= 11 is 0. The van der Waals surface area contributed by atoms with Crippen LogP contribution in [0.25, 0.3) is 5.69 Å². The predicted octanol–water partition coefficient (Wildman–Crippen LogP) is 1.98. The Morgan fingerprint density at radius 1 is 1.23 bits per heavy atom. The summed E-state index contributed by atoms with van der Waals surface area (Å²) in [5, 5.41) is 10.7. The third kappa shape index (κ3) is 4.87. The molecule has 2 rings (SSSR count). The summed E-state index contributed by atoms with van der Waals surface area (Å²) in [7, 11) is 0. The van der Waals surface area contributed by atoms with E-state index in [1.165, 1.54) is 6.33 Å². The lowest BCUT2D eigenvalue weighted by molar-refractivity contribution is 0.615. The Balaban J connectivity index is 1.97. The SMILES string of the molecule is CCNC(=NCc1ccc(-n2cncn2)cc1)NCC(C)C. The van der Waals surface area contributed by atoms with E-state index in [4.69, 9.17) is 0 Å². The largest absolute Gasteiger partial charge is 0.357 e. The zero-order chi connectivity index (χ0) is 15.8. The molecule has 1 aromatic heterocycles. The van der Waals surface area contributed by atoms with Gasteiger partial charge < -0.3 is 10.6 Å². The minimum atomic E-state index is 0.589. The smallest absolute Gasteiger partial charge is 0.191 e. The monoisotopic (exact) mass is 300 g/mol. The Kier molecular flexibility index (Phi) is 5.94. The molecular formula is C16H24N6. The van der Waals surface area contributed by atoms with E-state index >= 15 is 0 Å². The molecule has 0 spiro atoms. The molecule has 0 saturated heterocycles. The van der Waals surface area contributed by atoms with Crippen LogP contribution in [0, 0.1) is 5.92 Å². The zero-order valence-electron chi connectivity index (χ0n) is 13.5. The third-order valence-corrected chi connectivity index (χ3v) is 3.06. The maximum absolute atomic E-state index is 4.61. The van der Waals surface area contributed by atoms with Crippen LogP contribution < -0.4 is 10.6 Å². The Hall–Kier alpha value is -2.37. The Labute approximate surface area is 131 Å². The molecule has 0 aliphatic heterocycles. The summed E-state index contributed by atoms with van der Waals surface area (Å²) in [5.74, 6) is 1.45. The first kappa shape index (κ1) is 16.0. The number of guanidine groups is 1. The number of rotatable bonds is 6. The van der Waals surface area contributed by atoms with E-state index in [-0.39, 0.29) is 0 Å². The molecule has 0 atom stereocenters. The molecule has 2 aromatic rings. The highest BCUT2D eigenvalue weighted by Crippen LogP contribution is 2.08. The van der Waals surface area contributed by atoms with Crippen LogP contribution in [0.2, 0.25) is 0 Å². The van der Waals surface area contributed by atoms with Crippen LogP contribution in [-0.4, -0.2) is 33.8 Å². The molecule has 0 saturated carbocycles. The number of hydrogen-bond donors (Lipinski definition) is 2.